The number of rotatable bonds is 27. The van der Waals surface area contributed by atoms with E-state index in [0.717, 1.165) is 38.5 Å². The highest BCUT2D eigenvalue weighted by Gasteiger charge is 2.19. The molecule has 1 amide bonds. The van der Waals surface area contributed by atoms with Crippen LogP contribution in [0.4, 0.5) is 0 Å². The summed E-state index contributed by atoms with van der Waals surface area (Å²) in [6.07, 6.45) is 35.4. The molecule has 3 unspecified atom stereocenters. The van der Waals surface area contributed by atoms with Crippen LogP contribution in [-0.4, -0.2) is 46.1 Å². The lowest BCUT2D eigenvalue weighted by atomic mass is 10.1. The van der Waals surface area contributed by atoms with E-state index in [2.05, 4.69) is 49.5 Å². The number of hydrogen-bond donors (Lipinski definition) is 4. The van der Waals surface area contributed by atoms with Crippen molar-refractivity contribution in [3.05, 3.63) is 48.6 Å². The summed E-state index contributed by atoms with van der Waals surface area (Å²) in [7, 11) is 0. The zero-order valence-corrected chi connectivity index (χ0v) is 25.2. The molecule has 0 aromatic heterocycles. The molecule has 5 nitrogen and oxygen atoms in total. The summed E-state index contributed by atoms with van der Waals surface area (Å²) in [6.45, 7) is 4.08. The number of carbonyl (C=O) groups excluding carboxylic acids is 1. The first kappa shape index (κ1) is 37.3. The highest BCUT2D eigenvalue weighted by Crippen LogP contribution is 2.09. The molecule has 0 spiro atoms. The molecule has 0 fully saturated rings. The lowest BCUT2D eigenvalue weighted by molar-refractivity contribution is -0.124. The van der Waals surface area contributed by atoms with Crippen molar-refractivity contribution in [2.24, 2.45) is 0 Å². The molecule has 0 aromatic rings. The Morgan fingerprint density at radius 3 is 1.67 bits per heavy atom. The van der Waals surface area contributed by atoms with Crippen LogP contribution in [0.25, 0.3) is 0 Å². The highest BCUT2D eigenvalue weighted by molar-refractivity contribution is 5.76. The fourth-order valence-electron chi connectivity index (χ4n) is 4.31. The van der Waals surface area contributed by atoms with Gasteiger partial charge in [-0.15, -0.1) is 0 Å². The Kier molecular flexibility index (Phi) is 28.0. The van der Waals surface area contributed by atoms with E-state index in [1.165, 1.54) is 70.6 Å². The molecule has 226 valence electrons. The molecular formula is C34H61NO4. The number of hydrogen-bond acceptors (Lipinski definition) is 4. The zero-order chi connectivity index (χ0) is 28.8. The van der Waals surface area contributed by atoms with Crippen LogP contribution in [0.15, 0.2) is 48.6 Å². The van der Waals surface area contributed by atoms with Crippen molar-refractivity contribution in [3.8, 4) is 0 Å². The number of aliphatic hydroxyl groups excluding tert-OH is 3. The quantitative estimate of drug-likeness (QED) is 0.0622. The fraction of sp³-hybridized carbons (Fsp3) is 0.735. The molecule has 0 radical (unpaired) electrons. The Labute approximate surface area is 240 Å². The van der Waals surface area contributed by atoms with Crippen LogP contribution in [0.1, 0.15) is 136 Å². The summed E-state index contributed by atoms with van der Waals surface area (Å²) < 4.78 is 0. The van der Waals surface area contributed by atoms with E-state index < -0.39 is 18.2 Å². The Balaban J connectivity index is 3.92. The second kappa shape index (κ2) is 29.3. The van der Waals surface area contributed by atoms with Gasteiger partial charge >= 0.3 is 0 Å². The third-order valence-electron chi connectivity index (χ3n) is 6.82. The molecule has 0 aliphatic rings. The smallest absolute Gasteiger partial charge is 0.223 e. The number of unbranched alkanes of at least 4 members (excludes halogenated alkanes) is 13. The molecule has 0 heterocycles. The molecule has 39 heavy (non-hydrogen) atoms. The van der Waals surface area contributed by atoms with Gasteiger partial charge in [0, 0.05) is 0 Å². The Morgan fingerprint density at radius 1 is 0.641 bits per heavy atom. The average Bonchev–Trinajstić information content (AvgIpc) is 2.92. The molecule has 0 saturated carbocycles. The first-order valence-corrected chi connectivity index (χ1v) is 15.9. The average molecular weight is 548 g/mol. The van der Waals surface area contributed by atoms with Crippen molar-refractivity contribution >= 4 is 5.91 Å². The van der Waals surface area contributed by atoms with Gasteiger partial charge in [0.25, 0.3) is 0 Å². The first-order chi connectivity index (χ1) is 19.0. The van der Waals surface area contributed by atoms with Gasteiger partial charge in [-0.3, -0.25) is 4.79 Å². The molecule has 3 atom stereocenters. The van der Waals surface area contributed by atoms with E-state index in [9.17, 15) is 20.1 Å². The van der Waals surface area contributed by atoms with Crippen molar-refractivity contribution in [1.29, 1.82) is 0 Å². The van der Waals surface area contributed by atoms with Crippen molar-refractivity contribution in [2.75, 3.05) is 6.61 Å². The largest absolute Gasteiger partial charge is 0.394 e. The summed E-state index contributed by atoms with van der Waals surface area (Å²) in [4.78, 5) is 12.2. The number of carbonyl (C=O) groups is 1. The van der Waals surface area contributed by atoms with Gasteiger partial charge < -0.3 is 20.6 Å². The summed E-state index contributed by atoms with van der Waals surface area (Å²) in [6, 6.07) is -0.779. The van der Waals surface area contributed by atoms with E-state index in [1.54, 1.807) is 6.08 Å². The van der Waals surface area contributed by atoms with Gasteiger partial charge in [0.05, 0.1) is 31.3 Å². The number of aliphatic hydroxyl groups is 3. The molecule has 0 bridgehead atoms. The molecular weight excluding hydrogens is 486 g/mol. The van der Waals surface area contributed by atoms with Crippen LogP contribution in [0, 0.1) is 0 Å². The molecule has 0 rings (SSSR count). The summed E-state index contributed by atoms with van der Waals surface area (Å²) in [5, 5.41) is 32.6. The Bertz CT molecular complexity index is 656. The summed E-state index contributed by atoms with van der Waals surface area (Å²) in [5.41, 5.74) is 0. The SMILES string of the molecule is CCCCCC/C=C\CC(O)CC(=O)NC(CO)C(O)/C=C/CC/C=C/CC/C=C/CCCCCCCCC. The van der Waals surface area contributed by atoms with Gasteiger partial charge in [0.2, 0.25) is 5.91 Å². The number of amides is 1. The molecule has 5 heteroatoms. The van der Waals surface area contributed by atoms with Gasteiger partial charge in [0.1, 0.15) is 0 Å². The predicted octanol–water partition coefficient (Wildman–Crippen LogP) is 7.86. The maximum absolute atomic E-state index is 12.2. The Morgan fingerprint density at radius 2 is 1.10 bits per heavy atom. The van der Waals surface area contributed by atoms with Crippen molar-refractivity contribution < 1.29 is 20.1 Å². The lowest BCUT2D eigenvalue weighted by Gasteiger charge is -2.20. The molecule has 0 aliphatic heterocycles. The number of allylic oxidation sites excluding steroid dienone is 6. The maximum atomic E-state index is 12.2. The van der Waals surface area contributed by atoms with E-state index >= 15 is 0 Å². The standard InChI is InChI=1S/C34H61NO4/c1-3-5-7-9-11-12-13-14-15-16-17-18-19-20-22-24-26-28-33(38)32(30-36)35-34(39)29-31(37)27-25-23-21-10-8-6-4-2/h15-16,19-20,23,25-26,28,31-33,36-38H,3-14,17-18,21-22,24,27,29-30H2,1-2H3,(H,35,39)/b16-15+,20-19+,25-23-,28-26+. The zero-order valence-electron chi connectivity index (χ0n) is 25.2. The normalized spacial score (nSPS) is 14.7. The van der Waals surface area contributed by atoms with Crippen molar-refractivity contribution in [1.82, 2.24) is 5.32 Å². The topological polar surface area (TPSA) is 89.8 Å². The minimum absolute atomic E-state index is 0.0494. The second-order valence-electron chi connectivity index (χ2n) is 10.7. The Hall–Kier alpha value is -1.69. The van der Waals surface area contributed by atoms with E-state index in [-0.39, 0.29) is 18.9 Å². The molecule has 0 saturated heterocycles. The summed E-state index contributed by atoms with van der Waals surface area (Å²) in [5.74, 6) is -0.371. The number of nitrogens with one attached hydrogen (secondary N) is 1. The van der Waals surface area contributed by atoms with Crippen molar-refractivity contribution in [2.45, 2.75) is 154 Å². The molecule has 0 aromatic carbocycles. The summed E-state index contributed by atoms with van der Waals surface area (Å²) >= 11 is 0. The minimum Gasteiger partial charge on any atom is -0.394 e. The van der Waals surface area contributed by atoms with Crippen LogP contribution < -0.4 is 5.32 Å². The molecule has 0 aliphatic carbocycles. The van der Waals surface area contributed by atoms with Gasteiger partial charge in [0.15, 0.2) is 0 Å². The monoisotopic (exact) mass is 547 g/mol. The van der Waals surface area contributed by atoms with Gasteiger partial charge in [-0.25, -0.2) is 0 Å². The lowest BCUT2D eigenvalue weighted by Crippen LogP contribution is -2.45. The third-order valence-corrected chi connectivity index (χ3v) is 6.82. The maximum Gasteiger partial charge on any atom is 0.223 e. The molecule has 4 N–H and O–H groups in total. The minimum atomic E-state index is -0.968. The van der Waals surface area contributed by atoms with Gasteiger partial charge in [-0.05, 0) is 57.8 Å². The van der Waals surface area contributed by atoms with Gasteiger partial charge in [-0.1, -0.05) is 120 Å². The van der Waals surface area contributed by atoms with Crippen LogP contribution in [0.5, 0.6) is 0 Å². The van der Waals surface area contributed by atoms with Gasteiger partial charge in [-0.2, -0.15) is 0 Å². The van der Waals surface area contributed by atoms with E-state index in [4.69, 9.17) is 0 Å². The van der Waals surface area contributed by atoms with E-state index in [0.29, 0.717) is 6.42 Å². The van der Waals surface area contributed by atoms with E-state index in [1.807, 2.05) is 12.2 Å². The van der Waals surface area contributed by atoms with Crippen LogP contribution >= 0.6 is 0 Å². The fourth-order valence-corrected chi connectivity index (χ4v) is 4.31. The first-order valence-electron chi connectivity index (χ1n) is 15.9. The highest BCUT2D eigenvalue weighted by atomic mass is 16.3. The second-order valence-corrected chi connectivity index (χ2v) is 10.7. The van der Waals surface area contributed by atoms with Crippen molar-refractivity contribution in [3.63, 3.8) is 0 Å². The third kappa shape index (κ3) is 26.3. The van der Waals surface area contributed by atoms with Crippen LogP contribution in [-0.2, 0) is 4.79 Å². The van der Waals surface area contributed by atoms with Crippen LogP contribution in [0.2, 0.25) is 0 Å². The van der Waals surface area contributed by atoms with Crippen LogP contribution in [0.3, 0.4) is 0 Å². The predicted molar refractivity (Wildman–Crippen MR) is 167 cm³/mol.